The molecule has 0 bridgehead atoms. The molecule has 1 heterocycles. The van der Waals surface area contributed by atoms with Crippen LogP contribution in [-0.4, -0.2) is 16.4 Å². The van der Waals surface area contributed by atoms with Crippen molar-refractivity contribution in [1.29, 1.82) is 0 Å². The fourth-order valence-electron chi connectivity index (χ4n) is 1.41. The molecule has 1 aromatic heterocycles. The van der Waals surface area contributed by atoms with E-state index in [1.807, 2.05) is 24.3 Å². The van der Waals surface area contributed by atoms with E-state index in [1.165, 1.54) is 10.9 Å². The van der Waals surface area contributed by atoms with Gasteiger partial charge in [0, 0.05) is 4.47 Å². The number of ether oxygens (including phenoxy) is 1. The average Bonchev–Trinajstić information content (AvgIpc) is 2.39. The van der Waals surface area contributed by atoms with Gasteiger partial charge in [-0.25, -0.2) is 4.68 Å². The predicted octanol–water partition coefficient (Wildman–Crippen LogP) is 3.39. The predicted molar refractivity (Wildman–Crippen MR) is 78.2 cm³/mol. The van der Waals surface area contributed by atoms with Gasteiger partial charge in [0.25, 0.3) is 5.56 Å². The van der Waals surface area contributed by atoms with Crippen LogP contribution in [0.1, 0.15) is 0 Å². The van der Waals surface area contributed by atoms with E-state index in [9.17, 15) is 4.79 Å². The van der Waals surface area contributed by atoms with Gasteiger partial charge in [-0.2, -0.15) is 5.10 Å². The van der Waals surface area contributed by atoms with Gasteiger partial charge in [0.1, 0.15) is 17.4 Å². The molecule has 0 aliphatic rings. The van der Waals surface area contributed by atoms with Crippen LogP contribution < -0.4 is 10.3 Å². The SMILES string of the molecule is O=c1c(Cl)c(Cl)cnn1CCOc1cccc(Br)c1. The molecule has 0 aliphatic carbocycles. The molecular formula is C12H9BrCl2N2O2. The van der Waals surface area contributed by atoms with Crippen LogP contribution >= 0.6 is 39.1 Å². The molecular weight excluding hydrogens is 355 g/mol. The highest BCUT2D eigenvalue weighted by atomic mass is 79.9. The first-order valence-electron chi connectivity index (χ1n) is 5.37. The highest BCUT2D eigenvalue weighted by Crippen LogP contribution is 2.18. The maximum Gasteiger partial charge on any atom is 0.287 e. The highest BCUT2D eigenvalue weighted by molar-refractivity contribution is 9.10. The van der Waals surface area contributed by atoms with Gasteiger partial charge in [0.2, 0.25) is 0 Å². The topological polar surface area (TPSA) is 44.1 Å². The summed E-state index contributed by atoms with van der Waals surface area (Å²) < 4.78 is 7.65. The number of halogens is 3. The van der Waals surface area contributed by atoms with Crippen molar-refractivity contribution in [2.75, 3.05) is 6.61 Å². The van der Waals surface area contributed by atoms with Crippen molar-refractivity contribution in [2.24, 2.45) is 0 Å². The Labute approximate surface area is 128 Å². The van der Waals surface area contributed by atoms with Crippen molar-refractivity contribution in [2.45, 2.75) is 6.54 Å². The van der Waals surface area contributed by atoms with Crippen LogP contribution in [0.2, 0.25) is 10.0 Å². The summed E-state index contributed by atoms with van der Waals surface area (Å²) in [5.74, 6) is 0.711. The molecule has 0 fully saturated rings. The van der Waals surface area contributed by atoms with Gasteiger partial charge in [-0.3, -0.25) is 4.79 Å². The van der Waals surface area contributed by atoms with Crippen LogP contribution in [0.3, 0.4) is 0 Å². The zero-order valence-electron chi connectivity index (χ0n) is 9.65. The summed E-state index contributed by atoms with van der Waals surface area (Å²) in [6.07, 6.45) is 1.34. The minimum atomic E-state index is -0.424. The van der Waals surface area contributed by atoms with Crippen molar-refractivity contribution >= 4 is 39.1 Å². The second kappa shape index (κ2) is 6.41. The summed E-state index contributed by atoms with van der Waals surface area (Å²) in [5, 5.41) is 4.01. The Morgan fingerprint density at radius 1 is 1.37 bits per heavy atom. The van der Waals surface area contributed by atoms with Crippen LogP contribution in [0.4, 0.5) is 0 Å². The summed E-state index contributed by atoms with van der Waals surface area (Å²) >= 11 is 14.8. The van der Waals surface area contributed by atoms with Gasteiger partial charge >= 0.3 is 0 Å². The van der Waals surface area contributed by atoms with E-state index in [4.69, 9.17) is 27.9 Å². The second-order valence-electron chi connectivity index (χ2n) is 3.64. The number of benzene rings is 1. The first kappa shape index (κ1) is 14.4. The van der Waals surface area contributed by atoms with Gasteiger partial charge in [-0.05, 0) is 18.2 Å². The lowest BCUT2D eigenvalue weighted by Gasteiger charge is -2.08. The fraction of sp³-hybridized carbons (Fsp3) is 0.167. The number of hydrogen-bond acceptors (Lipinski definition) is 3. The van der Waals surface area contributed by atoms with Crippen molar-refractivity contribution in [1.82, 2.24) is 9.78 Å². The number of rotatable bonds is 4. The lowest BCUT2D eigenvalue weighted by Crippen LogP contribution is -2.25. The second-order valence-corrected chi connectivity index (χ2v) is 5.34. The third-order valence-corrected chi connectivity index (χ3v) is 3.55. The fourth-order valence-corrected chi connectivity index (χ4v) is 2.06. The largest absolute Gasteiger partial charge is 0.492 e. The van der Waals surface area contributed by atoms with Crippen molar-refractivity contribution < 1.29 is 4.74 Å². The Balaban J connectivity index is 2.00. The van der Waals surface area contributed by atoms with E-state index >= 15 is 0 Å². The zero-order valence-corrected chi connectivity index (χ0v) is 12.7. The number of aromatic nitrogens is 2. The highest BCUT2D eigenvalue weighted by Gasteiger charge is 2.07. The van der Waals surface area contributed by atoms with E-state index in [2.05, 4.69) is 21.0 Å². The summed E-state index contributed by atoms with van der Waals surface area (Å²) in [6, 6.07) is 7.43. The molecule has 0 radical (unpaired) electrons. The van der Waals surface area contributed by atoms with Crippen LogP contribution in [0.15, 0.2) is 39.7 Å². The molecule has 4 nitrogen and oxygen atoms in total. The van der Waals surface area contributed by atoms with Gasteiger partial charge in [0.05, 0.1) is 17.8 Å². The maximum absolute atomic E-state index is 11.7. The van der Waals surface area contributed by atoms with Crippen molar-refractivity contribution in [3.63, 3.8) is 0 Å². The van der Waals surface area contributed by atoms with E-state index in [0.717, 1.165) is 4.47 Å². The van der Waals surface area contributed by atoms with Crippen LogP contribution in [0.25, 0.3) is 0 Å². The molecule has 0 saturated heterocycles. The molecule has 7 heteroatoms. The summed E-state index contributed by atoms with van der Waals surface area (Å²) in [6.45, 7) is 0.601. The number of nitrogens with zero attached hydrogens (tertiary/aromatic N) is 2. The minimum Gasteiger partial charge on any atom is -0.492 e. The maximum atomic E-state index is 11.7. The Morgan fingerprint density at radius 2 is 2.16 bits per heavy atom. The molecule has 2 rings (SSSR count). The Bertz CT molecular complexity index is 646. The quantitative estimate of drug-likeness (QED) is 0.836. The van der Waals surface area contributed by atoms with Crippen LogP contribution in [0, 0.1) is 0 Å². The van der Waals surface area contributed by atoms with E-state index in [0.29, 0.717) is 18.9 Å². The molecule has 0 aliphatic heterocycles. The summed E-state index contributed by atoms with van der Waals surface area (Å²) in [7, 11) is 0. The molecule has 0 N–H and O–H groups in total. The van der Waals surface area contributed by atoms with Crippen LogP contribution in [0.5, 0.6) is 5.75 Å². The molecule has 0 saturated carbocycles. The molecule has 2 aromatic rings. The van der Waals surface area contributed by atoms with Crippen molar-refractivity contribution in [3.05, 3.63) is 55.3 Å². The molecule has 0 spiro atoms. The Hall–Kier alpha value is -1.04. The van der Waals surface area contributed by atoms with Gasteiger partial charge in [-0.15, -0.1) is 0 Å². The molecule has 0 unspecified atom stereocenters. The normalized spacial score (nSPS) is 10.5. The summed E-state index contributed by atoms with van der Waals surface area (Å²) in [5.41, 5.74) is -0.424. The lowest BCUT2D eigenvalue weighted by molar-refractivity contribution is 0.287. The Morgan fingerprint density at radius 3 is 2.89 bits per heavy atom. The first-order valence-corrected chi connectivity index (χ1v) is 6.92. The van der Waals surface area contributed by atoms with Crippen molar-refractivity contribution in [3.8, 4) is 5.75 Å². The van der Waals surface area contributed by atoms with Gasteiger partial charge in [0.15, 0.2) is 0 Å². The van der Waals surface area contributed by atoms with E-state index < -0.39 is 5.56 Å². The monoisotopic (exact) mass is 362 g/mol. The third-order valence-electron chi connectivity index (χ3n) is 2.31. The van der Waals surface area contributed by atoms with E-state index in [1.54, 1.807) is 0 Å². The van der Waals surface area contributed by atoms with Gasteiger partial charge < -0.3 is 4.74 Å². The molecule has 1 aromatic carbocycles. The summed E-state index contributed by atoms with van der Waals surface area (Å²) in [4.78, 5) is 11.7. The first-order chi connectivity index (χ1) is 9.08. The number of hydrogen-bond donors (Lipinski definition) is 0. The zero-order chi connectivity index (χ0) is 13.8. The minimum absolute atomic E-state index is 0.0286. The average molecular weight is 364 g/mol. The third kappa shape index (κ3) is 3.72. The molecule has 0 amide bonds. The molecule has 19 heavy (non-hydrogen) atoms. The molecule has 100 valence electrons. The smallest absolute Gasteiger partial charge is 0.287 e. The molecule has 0 atom stereocenters. The van der Waals surface area contributed by atoms with Crippen LogP contribution in [-0.2, 0) is 6.54 Å². The lowest BCUT2D eigenvalue weighted by atomic mass is 10.3. The van der Waals surface area contributed by atoms with Gasteiger partial charge in [-0.1, -0.05) is 45.2 Å². The standard InChI is InChI=1S/C12H9BrCl2N2O2/c13-8-2-1-3-9(6-8)19-5-4-17-12(18)11(15)10(14)7-16-17/h1-3,6-7H,4-5H2. The van der Waals surface area contributed by atoms with E-state index in [-0.39, 0.29) is 10.0 Å². The Kier molecular flexibility index (Phi) is 4.85.